The van der Waals surface area contributed by atoms with Crippen molar-refractivity contribution in [1.82, 2.24) is 19.3 Å². The van der Waals surface area contributed by atoms with Crippen LogP contribution < -0.4 is 5.32 Å². The van der Waals surface area contributed by atoms with E-state index in [1.807, 2.05) is 6.26 Å². The van der Waals surface area contributed by atoms with Crippen molar-refractivity contribution >= 4 is 46.9 Å². The lowest BCUT2D eigenvalue weighted by Crippen LogP contribution is -2.15. The van der Waals surface area contributed by atoms with Crippen LogP contribution in [0.5, 0.6) is 0 Å². The van der Waals surface area contributed by atoms with E-state index in [9.17, 15) is 4.79 Å². The maximum absolute atomic E-state index is 11.6. The van der Waals surface area contributed by atoms with Crippen LogP contribution in [0.4, 0.5) is 5.95 Å². The van der Waals surface area contributed by atoms with Crippen molar-refractivity contribution in [1.29, 1.82) is 0 Å². The summed E-state index contributed by atoms with van der Waals surface area (Å²) < 4.78 is 4.89. The third kappa shape index (κ3) is 3.93. The fourth-order valence-corrected chi connectivity index (χ4v) is 3.00. The third-order valence-corrected chi connectivity index (χ3v) is 4.21. The molecule has 2 heterocycles. The number of rotatable bonds is 5. The number of nitrogens with zero attached hydrogens (tertiary/aromatic N) is 4. The highest BCUT2D eigenvalue weighted by molar-refractivity contribution is 8.01. The number of aromatic nitrogens is 4. The summed E-state index contributed by atoms with van der Waals surface area (Å²) in [6.45, 7) is 0. The molecule has 9 heteroatoms. The largest absolute Gasteiger partial charge is 0.294 e. The lowest BCUT2D eigenvalue weighted by atomic mass is 10.6. The molecule has 94 valence electrons. The van der Waals surface area contributed by atoms with Gasteiger partial charge in [-0.1, -0.05) is 23.5 Å². The fraction of sp³-hybridized carbons (Fsp3) is 0.222. The van der Waals surface area contributed by atoms with Crippen molar-refractivity contribution in [3.05, 3.63) is 18.5 Å². The number of carbonyl (C=O) groups is 1. The van der Waals surface area contributed by atoms with Gasteiger partial charge in [-0.3, -0.25) is 10.1 Å². The third-order valence-electron chi connectivity index (χ3n) is 1.72. The first-order chi connectivity index (χ1) is 8.78. The Morgan fingerprint density at radius 3 is 2.89 bits per heavy atom. The maximum atomic E-state index is 11.6. The molecule has 18 heavy (non-hydrogen) atoms. The van der Waals surface area contributed by atoms with Gasteiger partial charge in [-0.2, -0.15) is 4.37 Å². The second-order valence-corrected chi connectivity index (χ2v) is 5.70. The molecule has 0 aromatic carbocycles. The molecule has 2 aromatic heterocycles. The average molecular weight is 299 g/mol. The number of hydrogen-bond acceptors (Lipinski definition) is 8. The van der Waals surface area contributed by atoms with E-state index in [2.05, 4.69) is 24.6 Å². The summed E-state index contributed by atoms with van der Waals surface area (Å²) in [5, 5.41) is 3.33. The predicted octanol–water partition coefficient (Wildman–Crippen LogP) is 1.78. The molecule has 0 fully saturated rings. The topological polar surface area (TPSA) is 80.7 Å². The van der Waals surface area contributed by atoms with E-state index in [0.717, 1.165) is 9.50 Å². The van der Waals surface area contributed by atoms with Gasteiger partial charge in [0.1, 0.15) is 0 Å². The molecule has 1 N–H and O–H groups in total. The first kappa shape index (κ1) is 13.2. The Balaban J connectivity index is 1.81. The van der Waals surface area contributed by atoms with E-state index in [1.165, 1.54) is 35.1 Å². The van der Waals surface area contributed by atoms with Gasteiger partial charge in [0, 0.05) is 12.4 Å². The van der Waals surface area contributed by atoms with Gasteiger partial charge in [0.2, 0.25) is 17.0 Å². The molecule has 1 amide bonds. The van der Waals surface area contributed by atoms with Crippen LogP contribution in [0.2, 0.25) is 0 Å². The maximum Gasteiger partial charge on any atom is 0.237 e. The highest BCUT2D eigenvalue weighted by atomic mass is 32.2. The molecule has 0 bridgehead atoms. The summed E-state index contributed by atoms with van der Waals surface area (Å²) in [4.78, 5) is 23.7. The van der Waals surface area contributed by atoms with Crippen LogP contribution in [0.15, 0.2) is 28.0 Å². The Labute approximate surface area is 116 Å². The lowest BCUT2D eigenvalue weighted by molar-refractivity contribution is -0.113. The summed E-state index contributed by atoms with van der Waals surface area (Å²) in [5.41, 5.74) is 0. The minimum Gasteiger partial charge on any atom is -0.294 e. The number of thioether (sulfide) groups is 2. The van der Waals surface area contributed by atoms with Crippen molar-refractivity contribution in [2.24, 2.45) is 0 Å². The number of amides is 1. The Bertz CT molecular complexity index is 518. The molecule has 0 unspecified atom stereocenters. The normalized spacial score (nSPS) is 10.3. The van der Waals surface area contributed by atoms with E-state index in [1.54, 1.807) is 18.5 Å². The molecular weight excluding hydrogens is 290 g/mol. The monoisotopic (exact) mass is 299 g/mol. The van der Waals surface area contributed by atoms with Crippen LogP contribution in [0.1, 0.15) is 0 Å². The van der Waals surface area contributed by atoms with Crippen LogP contribution >= 0.6 is 35.1 Å². The second-order valence-electron chi connectivity index (χ2n) is 2.96. The first-order valence-electron chi connectivity index (χ1n) is 4.85. The van der Waals surface area contributed by atoms with Crippen molar-refractivity contribution in [3.63, 3.8) is 0 Å². The minimum absolute atomic E-state index is 0.160. The van der Waals surface area contributed by atoms with E-state index in [-0.39, 0.29) is 11.7 Å². The second kappa shape index (κ2) is 6.66. The van der Waals surface area contributed by atoms with Crippen molar-refractivity contribution in [2.75, 3.05) is 17.3 Å². The molecule has 6 nitrogen and oxygen atoms in total. The molecule has 0 aliphatic rings. The molecule has 0 aliphatic heterocycles. The van der Waals surface area contributed by atoms with E-state index in [4.69, 9.17) is 0 Å². The lowest BCUT2D eigenvalue weighted by Gasteiger charge is -2.00. The highest BCUT2D eigenvalue weighted by Gasteiger charge is 2.08. The Kier molecular flexibility index (Phi) is 4.90. The molecule has 0 aliphatic carbocycles. The van der Waals surface area contributed by atoms with E-state index < -0.39 is 0 Å². The molecule has 0 radical (unpaired) electrons. The first-order valence-corrected chi connectivity index (χ1v) is 7.83. The number of anilines is 1. The SMILES string of the molecule is CSc1nsc(SCC(=O)Nc2ncccn2)n1. The van der Waals surface area contributed by atoms with Gasteiger partial charge in [-0.05, 0) is 23.9 Å². The Morgan fingerprint density at radius 1 is 1.44 bits per heavy atom. The van der Waals surface area contributed by atoms with E-state index in [0.29, 0.717) is 5.95 Å². The smallest absolute Gasteiger partial charge is 0.237 e. The summed E-state index contributed by atoms with van der Waals surface area (Å²) in [6, 6.07) is 1.69. The summed E-state index contributed by atoms with van der Waals surface area (Å²) in [7, 11) is 0. The molecule has 0 spiro atoms. The van der Waals surface area contributed by atoms with Crippen molar-refractivity contribution < 1.29 is 4.79 Å². The van der Waals surface area contributed by atoms with Gasteiger partial charge in [0.05, 0.1) is 5.75 Å². The van der Waals surface area contributed by atoms with Gasteiger partial charge < -0.3 is 0 Å². The van der Waals surface area contributed by atoms with Crippen LogP contribution in [-0.2, 0) is 4.79 Å². The van der Waals surface area contributed by atoms with Gasteiger partial charge in [0.15, 0.2) is 4.34 Å². The zero-order chi connectivity index (χ0) is 12.8. The number of nitrogens with one attached hydrogen (secondary N) is 1. The summed E-state index contributed by atoms with van der Waals surface area (Å²) in [6.07, 6.45) is 5.06. The number of carbonyl (C=O) groups excluding carboxylic acids is 1. The van der Waals surface area contributed by atoms with Crippen LogP contribution in [0, 0.1) is 0 Å². The fourth-order valence-electron chi connectivity index (χ4n) is 0.990. The Morgan fingerprint density at radius 2 is 2.22 bits per heavy atom. The molecule has 2 rings (SSSR count). The summed E-state index contributed by atoms with van der Waals surface area (Å²) >= 11 is 4.12. The molecule has 0 saturated heterocycles. The van der Waals surface area contributed by atoms with Crippen LogP contribution in [0.3, 0.4) is 0 Å². The predicted molar refractivity (Wildman–Crippen MR) is 73.1 cm³/mol. The van der Waals surface area contributed by atoms with Gasteiger partial charge in [0.25, 0.3) is 0 Å². The van der Waals surface area contributed by atoms with Crippen LogP contribution in [0.25, 0.3) is 0 Å². The Hall–Kier alpha value is -1.19. The number of hydrogen-bond donors (Lipinski definition) is 1. The van der Waals surface area contributed by atoms with Gasteiger partial charge in [-0.25, -0.2) is 15.0 Å². The highest BCUT2D eigenvalue weighted by Crippen LogP contribution is 2.23. The van der Waals surface area contributed by atoms with Crippen molar-refractivity contribution in [2.45, 2.75) is 9.50 Å². The van der Waals surface area contributed by atoms with E-state index >= 15 is 0 Å². The zero-order valence-electron chi connectivity index (χ0n) is 9.36. The molecule has 0 atom stereocenters. The van der Waals surface area contributed by atoms with Gasteiger partial charge in [-0.15, -0.1) is 0 Å². The molecule has 0 saturated carbocycles. The molecule has 2 aromatic rings. The average Bonchev–Trinajstić information content (AvgIpc) is 2.85. The molecular formula is C9H9N5OS3. The van der Waals surface area contributed by atoms with Crippen molar-refractivity contribution in [3.8, 4) is 0 Å². The quantitative estimate of drug-likeness (QED) is 0.843. The standard InChI is InChI=1S/C9H9N5OS3/c1-16-8-13-9(18-14-8)17-5-6(15)12-7-10-3-2-4-11-7/h2-4H,5H2,1H3,(H,10,11,12,15). The zero-order valence-corrected chi connectivity index (χ0v) is 11.8. The minimum atomic E-state index is -0.160. The summed E-state index contributed by atoms with van der Waals surface area (Å²) in [5.74, 6) is 0.415. The van der Waals surface area contributed by atoms with Gasteiger partial charge >= 0.3 is 0 Å². The van der Waals surface area contributed by atoms with Crippen LogP contribution in [-0.4, -0.2) is 37.2 Å².